The van der Waals surface area contributed by atoms with Gasteiger partial charge >= 0.3 is 0 Å². The average Bonchev–Trinajstić information content (AvgIpc) is 2.55. The third-order valence-corrected chi connectivity index (χ3v) is 3.96. The molecule has 6 heteroatoms. The molecule has 1 aromatic heterocycles. The van der Waals surface area contributed by atoms with E-state index < -0.39 is 0 Å². The summed E-state index contributed by atoms with van der Waals surface area (Å²) in [5, 5.41) is 0. The van der Waals surface area contributed by atoms with Crippen molar-refractivity contribution in [2.45, 2.75) is 26.7 Å². The second-order valence-corrected chi connectivity index (χ2v) is 5.84. The van der Waals surface area contributed by atoms with Crippen LogP contribution in [0.4, 0.5) is 5.82 Å². The van der Waals surface area contributed by atoms with Gasteiger partial charge in [-0.05, 0) is 19.9 Å². The SMILES string of the molecule is CCCN(CCC)C(=O)c1cnc(N2CCN(C)CC2)cn1. The summed E-state index contributed by atoms with van der Waals surface area (Å²) in [6, 6.07) is 0. The van der Waals surface area contributed by atoms with E-state index in [1.807, 2.05) is 4.90 Å². The fourth-order valence-corrected chi connectivity index (χ4v) is 2.65. The number of aromatic nitrogens is 2. The van der Waals surface area contributed by atoms with Gasteiger partial charge in [-0.3, -0.25) is 4.79 Å². The summed E-state index contributed by atoms with van der Waals surface area (Å²) < 4.78 is 0. The van der Waals surface area contributed by atoms with Crippen molar-refractivity contribution in [2.75, 3.05) is 51.2 Å². The molecule has 0 aliphatic carbocycles. The molecule has 0 saturated carbocycles. The van der Waals surface area contributed by atoms with Gasteiger partial charge in [0, 0.05) is 39.3 Å². The van der Waals surface area contributed by atoms with Crippen LogP contribution in [-0.2, 0) is 0 Å². The standard InChI is InChI=1S/C16H27N5O/c1-4-6-21(7-5-2)16(22)14-12-18-15(13-17-14)20-10-8-19(3)9-11-20/h12-13H,4-11H2,1-3H3. The van der Waals surface area contributed by atoms with E-state index in [1.165, 1.54) is 0 Å². The second-order valence-electron chi connectivity index (χ2n) is 5.84. The zero-order valence-electron chi connectivity index (χ0n) is 14.0. The Kier molecular flexibility index (Phi) is 6.12. The van der Waals surface area contributed by atoms with Crippen molar-refractivity contribution in [1.29, 1.82) is 0 Å². The van der Waals surface area contributed by atoms with Crippen LogP contribution in [0.3, 0.4) is 0 Å². The highest BCUT2D eigenvalue weighted by Crippen LogP contribution is 2.12. The quantitative estimate of drug-likeness (QED) is 0.797. The molecule has 0 N–H and O–H groups in total. The molecule has 1 aliphatic rings. The molecular formula is C16H27N5O. The lowest BCUT2D eigenvalue weighted by atomic mass is 10.3. The van der Waals surface area contributed by atoms with Crippen molar-refractivity contribution in [3.63, 3.8) is 0 Å². The van der Waals surface area contributed by atoms with Gasteiger partial charge in [0.1, 0.15) is 11.5 Å². The highest BCUT2D eigenvalue weighted by molar-refractivity contribution is 5.92. The van der Waals surface area contributed by atoms with Crippen LogP contribution < -0.4 is 4.90 Å². The first kappa shape index (κ1) is 16.7. The summed E-state index contributed by atoms with van der Waals surface area (Å²) in [5.41, 5.74) is 0.444. The maximum absolute atomic E-state index is 12.5. The number of hydrogen-bond donors (Lipinski definition) is 0. The second kappa shape index (κ2) is 8.08. The fourth-order valence-electron chi connectivity index (χ4n) is 2.65. The highest BCUT2D eigenvalue weighted by atomic mass is 16.2. The van der Waals surface area contributed by atoms with E-state index in [2.05, 4.69) is 40.7 Å². The zero-order chi connectivity index (χ0) is 15.9. The van der Waals surface area contributed by atoms with E-state index in [4.69, 9.17) is 0 Å². The van der Waals surface area contributed by atoms with Crippen molar-refractivity contribution in [2.24, 2.45) is 0 Å². The molecule has 0 radical (unpaired) electrons. The van der Waals surface area contributed by atoms with Gasteiger partial charge in [0.25, 0.3) is 5.91 Å². The predicted molar refractivity (Wildman–Crippen MR) is 88.2 cm³/mol. The van der Waals surface area contributed by atoms with Gasteiger partial charge < -0.3 is 14.7 Å². The van der Waals surface area contributed by atoms with Crippen LogP contribution in [0.25, 0.3) is 0 Å². The van der Waals surface area contributed by atoms with Crippen LogP contribution in [0.15, 0.2) is 12.4 Å². The van der Waals surface area contributed by atoms with E-state index in [0.29, 0.717) is 5.69 Å². The minimum absolute atomic E-state index is 0.0128. The molecule has 1 amide bonds. The molecule has 2 rings (SSSR count). The van der Waals surface area contributed by atoms with Crippen molar-refractivity contribution >= 4 is 11.7 Å². The minimum atomic E-state index is -0.0128. The third kappa shape index (κ3) is 4.16. The smallest absolute Gasteiger partial charge is 0.274 e. The van der Waals surface area contributed by atoms with Gasteiger partial charge in [-0.1, -0.05) is 13.8 Å². The number of piperazine rings is 1. The van der Waals surface area contributed by atoms with Gasteiger partial charge in [-0.2, -0.15) is 0 Å². The molecule has 1 aromatic rings. The normalized spacial score (nSPS) is 15.9. The van der Waals surface area contributed by atoms with Gasteiger partial charge in [-0.15, -0.1) is 0 Å². The Morgan fingerprint density at radius 3 is 2.23 bits per heavy atom. The van der Waals surface area contributed by atoms with Crippen LogP contribution in [-0.4, -0.2) is 72.0 Å². The molecule has 1 fully saturated rings. The first-order chi connectivity index (χ1) is 10.7. The maximum Gasteiger partial charge on any atom is 0.274 e. The molecule has 0 bridgehead atoms. The molecule has 0 unspecified atom stereocenters. The summed E-state index contributed by atoms with van der Waals surface area (Å²) in [7, 11) is 2.13. The first-order valence-corrected chi connectivity index (χ1v) is 8.20. The molecule has 22 heavy (non-hydrogen) atoms. The first-order valence-electron chi connectivity index (χ1n) is 8.20. The van der Waals surface area contributed by atoms with E-state index in [1.54, 1.807) is 12.4 Å². The Morgan fingerprint density at radius 1 is 1.09 bits per heavy atom. The van der Waals surface area contributed by atoms with Crippen LogP contribution >= 0.6 is 0 Å². The Hall–Kier alpha value is -1.69. The Morgan fingerprint density at radius 2 is 1.73 bits per heavy atom. The number of nitrogens with zero attached hydrogens (tertiary/aromatic N) is 5. The van der Waals surface area contributed by atoms with Gasteiger partial charge in [0.05, 0.1) is 12.4 Å². The lowest BCUT2D eigenvalue weighted by Crippen LogP contribution is -2.44. The summed E-state index contributed by atoms with van der Waals surface area (Å²) in [6.07, 6.45) is 5.26. The van der Waals surface area contributed by atoms with E-state index in [9.17, 15) is 4.79 Å². The maximum atomic E-state index is 12.5. The van der Waals surface area contributed by atoms with Crippen LogP contribution in [0.2, 0.25) is 0 Å². The Bertz CT molecular complexity index is 462. The molecular weight excluding hydrogens is 278 g/mol. The van der Waals surface area contributed by atoms with Crippen molar-refractivity contribution in [1.82, 2.24) is 19.8 Å². The molecule has 0 atom stereocenters. The van der Waals surface area contributed by atoms with Gasteiger partial charge in [0.15, 0.2) is 0 Å². The Balaban J connectivity index is 2.02. The molecule has 2 heterocycles. The van der Waals surface area contributed by atoms with E-state index in [0.717, 1.165) is 57.9 Å². The Labute approximate surface area is 133 Å². The van der Waals surface area contributed by atoms with Gasteiger partial charge in [0.2, 0.25) is 0 Å². The average molecular weight is 305 g/mol. The highest BCUT2D eigenvalue weighted by Gasteiger charge is 2.18. The van der Waals surface area contributed by atoms with E-state index >= 15 is 0 Å². The number of anilines is 1. The molecule has 0 aromatic carbocycles. The number of rotatable bonds is 6. The monoisotopic (exact) mass is 305 g/mol. The number of carbonyl (C=O) groups excluding carboxylic acids is 1. The summed E-state index contributed by atoms with van der Waals surface area (Å²) >= 11 is 0. The summed E-state index contributed by atoms with van der Waals surface area (Å²) in [5.74, 6) is 0.850. The lowest BCUT2D eigenvalue weighted by Gasteiger charge is -2.33. The largest absolute Gasteiger partial charge is 0.353 e. The molecule has 1 saturated heterocycles. The van der Waals surface area contributed by atoms with E-state index in [-0.39, 0.29) is 5.91 Å². The molecule has 122 valence electrons. The number of hydrogen-bond acceptors (Lipinski definition) is 5. The number of carbonyl (C=O) groups is 1. The molecule has 1 aliphatic heterocycles. The van der Waals surface area contributed by atoms with Crippen LogP contribution in [0.1, 0.15) is 37.2 Å². The van der Waals surface area contributed by atoms with Crippen molar-refractivity contribution < 1.29 is 4.79 Å². The lowest BCUT2D eigenvalue weighted by molar-refractivity contribution is 0.0749. The molecule has 6 nitrogen and oxygen atoms in total. The van der Waals surface area contributed by atoms with Crippen molar-refractivity contribution in [3.05, 3.63) is 18.1 Å². The minimum Gasteiger partial charge on any atom is -0.353 e. The fraction of sp³-hybridized carbons (Fsp3) is 0.688. The zero-order valence-corrected chi connectivity index (χ0v) is 14.0. The predicted octanol–water partition coefficient (Wildman–Crippen LogP) is 1.49. The molecule has 0 spiro atoms. The number of likely N-dealkylation sites (N-methyl/N-ethyl adjacent to an activating group) is 1. The van der Waals surface area contributed by atoms with Gasteiger partial charge in [-0.25, -0.2) is 9.97 Å². The van der Waals surface area contributed by atoms with Crippen LogP contribution in [0.5, 0.6) is 0 Å². The van der Waals surface area contributed by atoms with Crippen LogP contribution in [0, 0.1) is 0 Å². The summed E-state index contributed by atoms with van der Waals surface area (Å²) in [4.78, 5) is 27.6. The topological polar surface area (TPSA) is 52.6 Å². The third-order valence-electron chi connectivity index (χ3n) is 3.96. The number of amides is 1. The van der Waals surface area contributed by atoms with Crippen molar-refractivity contribution in [3.8, 4) is 0 Å². The summed E-state index contributed by atoms with van der Waals surface area (Å²) in [6.45, 7) is 9.68.